The number of amides is 1. The molecule has 0 radical (unpaired) electrons. The van der Waals surface area contributed by atoms with Gasteiger partial charge in [0.25, 0.3) is 0 Å². The SMILES string of the molecule is CCCCC(=O)N(Cc1ccc(F)cc1)Sc1c(F)c(F)c(F)c(F)c1F. The van der Waals surface area contributed by atoms with Crippen LogP contribution in [0.15, 0.2) is 29.2 Å². The third-order valence-corrected chi connectivity index (χ3v) is 4.73. The molecule has 0 aliphatic heterocycles. The highest BCUT2D eigenvalue weighted by Gasteiger charge is 2.29. The van der Waals surface area contributed by atoms with Crippen molar-refractivity contribution < 1.29 is 31.1 Å². The number of nitrogens with zero attached hydrogens (tertiary/aromatic N) is 1. The second kappa shape index (κ2) is 9.16. The van der Waals surface area contributed by atoms with Crippen LogP contribution in [-0.4, -0.2) is 10.2 Å². The molecule has 2 aromatic rings. The van der Waals surface area contributed by atoms with E-state index < -0.39 is 45.7 Å². The van der Waals surface area contributed by atoms with Crippen molar-refractivity contribution in [3.8, 4) is 0 Å². The summed E-state index contributed by atoms with van der Waals surface area (Å²) in [6, 6.07) is 4.98. The molecule has 0 fully saturated rings. The molecule has 2 nitrogen and oxygen atoms in total. The Kier molecular flexibility index (Phi) is 7.18. The maximum absolute atomic E-state index is 13.9. The smallest absolute Gasteiger partial charge is 0.232 e. The highest BCUT2D eigenvalue weighted by Crippen LogP contribution is 2.34. The maximum Gasteiger partial charge on any atom is 0.232 e. The van der Waals surface area contributed by atoms with Gasteiger partial charge in [-0.2, -0.15) is 0 Å². The zero-order valence-electron chi connectivity index (χ0n) is 14.2. The van der Waals surface area contributed by atoms with Crippen molar-refractivity contribution in [3.05, 3.63) is 64.7 Å². The molecule has 0 saturated heterocycles. The largest absolute Gasteiger partial charge is 0.278 e. The number of carbonyl (C=O) groups excluding carboxylic acids is 1. The first-order chi connectivity index (χ1) is 12.8. The Morgan fingerprint density at radius 3 is 1.93 bits per heavy atom. The lowest BCUT2D eigenvalue weighted by atomic mass is 10.2. The zero-order valence-corrected chi connectivity index (χ0v) is 15.0. The number of hydrogen-bond acceptors (Lipinski definition) is 2. The van der Waals surface area contributed by atoms with Crippen molar-refractivity contribution in [2.75, 3.05) is 0 Å². The molecule has 1 amide bonds. The summed E-state index contributed by atoms with van der Waals surface area (Å²) in [6.45, 7) is 1.63. The third kappa shape index (κ3) is 4.97. The first-order valence-electron chi connectivity index (χ1n) is 8.00. The molecule has 0 heterocycles. The minimum atomic E-state index is -2.27. The number of hydrogen-bond donors (Lipinski definition) is 0. The molecule has 0 atom stereocenters. The minimum absolute atomic E-state index is 0.0279. The summed E-state index contributed by atoms with van der Waals surface area (Å²) in [5, 5.41) is 0. The maximum atomic E-state index is 13.9. The average molecular weight is 407 g/mol. The van der Waals surface area contributed by atoms with Crippen LogP contribution in [0.25, 0.3) is 0 Å². The van der Waals surface area contributed by atoms with Crippen LogP contribution in [0, 0.1) is 34.9 Å². The van der Waals surface area contributed by atoms with Gasteiger partial charge in [0.15, 0.2) is 23.3 Å². The molecule has 0 spiro atoms. The fraction of sp³-hybridized carbons (Fsp3) is 0.278. The van der Waals surface area contributed by atoms with Gasteiger partial charge in [0, 0.05) is 6.42 Å². The lowest BCUT2D eigenvalue weighted by Crippen LogP contribution is -2.24. The second-order valence-corrected chi connectivity index (χ2v) is 6.68. The Hall–Kier alpha value is -2.16. The van der Waals surface area contributed by atoms with E-state index in [0.717, 1.165) is 16.4 Å². The normalized spacial score (nSPS) is 10.9. The van der Waals surface area contributed by atoms with Gasteiger partial charge in [-0.1, -0.05) is 25.5 Å². The van der Waals surface area contributed by atoms with Gasteiger partial charge in [-0.15, -0.1) is 0 Å². The van der Waals surface area contributed by atoms with E-state index in [-0.39, 0.29) is 24.9 Å². The Balaban J connectivity index is 2.37. The van der Waals surface area contributed by atoms with Gasteiger partial charge in [0.2, 0.25) is 11.7 Å². The molecule has 0 bridgehead atoms. The molecule has 27 heavy (non-hydrogen) atoms. The van der Waals surface area contributed by atoms with Crippen molar-refractivity contribution in [3.63, 3.8) is 0 Å². The summed E-state index contributed by atoms with van der Waals surface area (Å²) >= 11 is 0.130. The summed E-state index contributed by atoms with van der Waals surface area (Å²) in [6.07, 6.45) is 1.18. The Bertz CT molecular complexity index is 799. The van der Waals surface area contributed by atoms with Gasteiger partial charge in [-0.05, 0) is 36.1 Å². The fourth-order valence-corrected chi connectivity index (χ4v) is 3.12. The first-order valence-corrected chi connectivity index (χ1v) is 8.77. The Morgan fingerprint density at radius 1 is 0.889 bits per heavy atom. The molecule has 0 saturated carbocycles. The molecule has 0 aliphatic carbocycles. The van der Waals surface area contributed by atoms with E-state index in [2.05, 4.69) is 0 Å². The summed E-state index contributed by atoms with van der Waals surface area (Å²) in [5.41, 5.74) is 0.428. The predicted molar refractivity (Wildman–Crippen MR) is 88.6 cm³/mol. The van der Waals surface area contributed by atoms with E-state index in [0.29, 0.717) is 18.4 Å². The lowest BCUT2D eigenvalue weighted by Gasteiger charge is -2.22. The van der Waals surface area contributed by atoms with Gasteiger partial charge in [-0.3, -0.25) is 9.10 Å². The van der Waals surface area contributed by atoms with Gasteiger partial charge >= 0.3 is 0 Å². The molecule has 0 aromatic heterocycles. The number of rotatable bonds is 7. The fourth-order valence-electron chi connectivity index (χ4n) is 2.15. The topological polar surface area (TPSA) is 20.3 Å². The second-order valence-electron chi connectivity index (χ2n) is 5.65. The molecule has 0 unspecified atom stereocenters. The Morgan fingerprint density at radius 2 is 1.41 bits per heavy atom. The highest BCUT2D eigenvalue weighted by atomic mass is 32.2. The molecule has 0 aliphatic rings. The minimum Gasteiger partial charge on any atom is -0.278 e. The number of halogens is 6. The predicted octanol–water partition coefficient (Wildman–Crippen LogP) is 5.75. The molecule has 2 rings (SSSR count). The van der Waals surface area contributed by atoms with Crippen LogP contribution < -0.4 is 0 Å². The number of unbranched alkanes of at least 4 members (excludes halogenated alkanes) is 1. The summed E-state index contributed by atoms with van der Waals surface area (Å²) in [7, 11) is 0. The van der Waals surface area contributed by atoms with Crippen molar-refractivity contribution in [1.82, 2.24) is 4.31 Å². The standard InChI is InChI=1S/C18H15F6NOS/c1-2-3-4-12(26)25(9-10-5-7-11(19)8-6-10)27-18-16(23)14(21)13(20)15(22)17(18)24/h5-8H,2-4,9H2,1H3. The molecule has 0 N–H and O–H groups in total. The Labute approximate surface area is 156 Å². The zero-order chi connectivity index (χ0) is 20.1. The molecular weight excluding hydrogens is 392 g/mol. The van der Waals surface area contributed by atoms with Crippen molar-refractivity contribution >= 4 is 17.9 Å². The molecule has 9 heteroatoms. The van der Waals surface area contributed by atoms with Crippen LogP contribution in [0.1, 0.15) is 31.7 Å². The van der Waals surface area contributed by atoms with Crippen molar-refractivity contribution in [2.45, 2.75) is 37.6 Å². The number of carbonyl (C=O) groups is 1. The van der Waals surface area contributed by atoms with Crippen molar-refractivity contribution in [1.29, 1.82) is 0 Å². The van der Waals surface area contributed by atoms with Gasteiger partial charge < -0.3 is 0 Å². The van der Waals surface area contributed by atoms with E-state index in [1.165, 1.54) is 12.1 Å². The van der Waals surface area contributed by atoms with Crippen molar-refractivity contribution in [2.24, 2.45) is 0 Å². The summed E-state index contributed by atoms with van der Waals surface area (Å²) in [5.74, 6) is -11.5. The summed E-state index contributed by atoms with van der Waals surface area (Å²) in [4.78, 5) is 11.2. The van der Waals surface area contributed by atoms with Crippen LogP contribution in [-0.2, 0) is 11.3 Å². The van der Waals surface area contributed by atoms with Crippen LogP contribution in [0.2, 0.25) is 0 Å². The molecule has 146 valence electrons. The lowest BCUT2D eigenvalue weighted by molar-refractivity contribution is -0.126. The average Bonchev–Trinajstić information content (AvgIpc) is 2.66. The monoisotopic (exact) mass is 407 g/mol. The van der Waals surface area contributed by atoms with Crippen LogP contribution in [0.3, 0.4) is 0 Å². The van der Waals surface area contributed by atoms with Gasteiger partial charge in [-0.25, -0.2) is 26.3 Å². The first kappa shape index (κ1) is 21.1. The van der Waals surface area contributed by atoms with E-state index in [4.69, 9.17) is 0 Å². The van der Waals surface area contributed by atoms with Crippen LogP contribution in [0.4, 0.5) is 26.3 Å². The third-order valence-electron chi connectivity index (χ3n) is 3.63. The highest BCUT2D eigenvalue weighted by molar-refractivity contribution is 7.97. The van der Waals surface area contributed by atoms with Crippen LogP contribution in [0.5, 0.6) is 0 Å². The van der Waals surface area contributed by atoms with E-state index in [1.54, 1.807) is 0 Å². The van der Waals surface area contributed by atoms with E-state index in [1.807, 2.05) is 6.92 Å². The van der Waals surface area contributed by atoms with Gasteiger partial charge in [0.1, 0.15) is 10.7 Å². The number of benzene rings is 2. The van der Waals surface area contributed by atoms with E-state index in [9.17, 15) is 31.1 Å². The molecular formula is C18H15F6NOS. The molecule has 2 aromatic carbocycles. The van der Waals surface area contributed by atoms with Gasteiger partial charge in [0.05, 0.1) is 6.54 Å². The van der Waals surface area contributed by atoms with Crippen LogP contribution >= 0.6 is 11.9 Å². The quantitative estimate of drug-likeness (QED) is 0.252. The summed E-state index contributed by atoms with van der Waals surface area (Å²) < 4.78 is 81.8. The van der Waals surface area contributed by atoms with E-state index >= 15 is 0 Å².